The average Bonchev–Trinajstić information content (AvgIpc) is 3.00. The zero-order chi connectivity index (χ0) is 27.1. The lowest BCUT2D eigenvalue weighted by atomic mass is 9.66. The third-order valence-electron chi connectivity index (χ3n) is 6.89. The zero-order valence-electron chi connectivity index (χ0n) is 21.7. The molecular weight excluding hydrogens is 502 g/mol. The molecule has 1 aromatic heterocycles. The van der Waals surface area contributed by atoms with Crippen LogP contribution >= 0.6 is 11.8 Å². The van der Waals surface area contributed by atoms with E-state index in [1.165, 1.54) is 11.8 Å². The summed E-state index contributed by atoms with van der Waals surface area (Å²) in [6.45, 7) is 1.93. The number of carbonyl (C=O) groups is 2. The lowest BCUT2D eigenvalue weighted by molar-refractivity contribution is -0.151. The van der Waals surface area contributed by atoms with Gasteiger partial charge in [0.15, 0.2) is 11.2 Å². The summed E-state index contributed by atoms with van der Waals surface area (Å²) in [6.07, 6.45) is 1.75. The van der Waals surface area contributed by atoms with Crippen molar-refractivity contribution in [2.24, 2.45) is 5.41 Å². The number of rotatable bonds is 10. The quantitative estimate of drug-likeness (QED) is 0.0804. The molecule has 0 saturated heterocycles. The molecule has 0 spiro atoms. The Morgan fingerprint density at radius 1 is 0.795 bits per heavy atom. The molecule has 0 N–H and O–H groups in total. The molecule has 0 saturated carbocycles. The smallest absolute Gasteiger partial charge is 0.321 e. The molecule has 0 bridgehead atoms. The van der Waals surface area contributed by atoms with Crippen molar-refractivity contribution in [1.29, 1.82) is 0 Å². The molecule has 39 heavy (non-hydrogen) atoms. The Morgan fingerprint density at radius 3 is 2.10 bits per heavy atom. The number of Topliss-reactive ketones (excluding diaryl/α,β-unsaturated/α-hetero) is 1. The first-order chi connectivity index (χ1) is 19.1. The van der Waals surface area contributed by atoms with Crippen LogP contribution in [0.25, 0.3) is 10.8 Å². The second kappa shape index (κ2) is 12.1. The summed E-state index contributed by atoms with van der Waals surface area (Å²) < 4.78 is 5.77. The van der Waals surface area contributed by atoms with E-state index in [0.717, 1.165) is 21.2 Å². The van der Waals surface area contributed by atoms with Crippen molar-refractivity contribution in [2.45, 2.75) is 17.7 Å². The van der Waals surface area contributed by atoms with E-state index < -0.39 is 17.3 Å². The monoisotopic (exact) mass is 531 g/mol. The van der Waals surface area contributed by atoms with Gasteiger partial charge in [-0.1, -0.05) is 103 Å². The predicted molar refractivity (Wildman–Crippen MR) is 157 cm³/mol. The third-order valence-corrected chi connectivity index (χ3v) is 8.10. The second-order valence-corrected chi connectivity index (χ2v) is 10.3. The van der Waals surface area contributed by atoms with Gasteiger partial charge in [-0.2, -0.15) is 0 Å². The van der Waals surface area contributed by atoms with E-state index in [0.29, 0.717) is 11.3 Å². The maximum absolute atomic E-state index is 14.8. The number of ketones is 1. The molecule has 5 heteroatoms. The van der Waals surface area contributed by atoms with Crippen LogP contribution in [0.1, 0.15) is 34.5 Å². The number of carbonyl (C=O) groups excluding carboxylic acids is 2. The summed E-state index contributed by atoms with van der Waals surface area (Å²) in [6, 6.07) is 38.5. The van der Waals surface area contributed by atoms with Gasteiger partial charge in [0.05, 0.1) is 18.2 Å². The van der Waals surface area contributed by atoms with Crippen LogP contribution in [-0.2, 0) is 9.53 Å². The summed E-state index contributed by atoms with van der Waals surface area (Å²) in [5.74, 6) is -1.36. The number of pyridine rings is 1. The van der Waals surface area contributed by atoms with Gasteiger partial charge in [0.2, 0.25) is 0 Å². The third kappa shape index (κ3) is 5.36. The second-order valence-electron chi connectivity index (χ2n) is 9.25. The van der Waals surface area contributed by atoms with Gasteiger partial charge in [-0.3, -0.25) is 14.6 Å². The highest BCUT2D eigenvalue weighted by Gasteiger charge is 2.55. The molecule has 1 heterocycles. The summed E-state index contributed by atoms with van der Waals surface area (Å²) in [7, 11) is 0. The topological polar surface area (TPSA) is 56.3 Å². The maximum Gasteiger partial charge on any atom is 0.321 e. The molecule has 0 aliphatic carbocycles. The van der Waals surface area contributed by atoms with Crippen LogP contribution < -0.4 is 0 Å². The van der Waals surface area contributed by atoms with E-state index in [1.54, 1.807) is 25.3 Å². The number of hydrogen-bond donors (Lipinski definition) is 0. The molecule has 194 valence electrons. The normalized spacial score (nSPS) is 13.4. The summed E-state index contributed by atoms with van der Waals surface area (Å²) >= 11 is 1.48. The Labute approximate surface area is 233 Å². The van der Waals surface area contributed by atoms with Gasteiger partial charge >= 0.3 is 5.97 Å². The number of fused-ring (bicyclic) bond motifs is 1. The van der Waals surface area contributed by atoms with Crippen LogP contribution in [0.2, 0.25) is 0 Å². The molecular formula is C34H29NO3S. The highest BCUT2D eigenvalue weighted by molar-refractivity contribution is 7.99. The van der Waals surface area contributed by atoms with Crippen molar-refractivity contribution in [1.82, 2.24) is 4.98 Å². The first kappa shape index (κ1) is 26.4. The summed E-state index contributed by atoms with van der Waals surface area (Å²) in [5.41, 5.74) is 0.356. The minimum atomic E-state index is -1.60. The fourth-order valence-electron chi connectivity index (χ4n) is 5.06. The van der Waals surface area contributed by atoms with Crippen molar-refractivity contribution in [3.05, 3.63) is 144 Å². The minimum absolute atomic E-state index is 0.156. The lowest BCUT2D eigenvalue weighted by Crippen LogP contribution is -2.48. The van der Waals surface area contributed by atoms with Crippen molar-refractivity contribution in [3.8, 4) is 0 Å². The predicted octanol–water partition coefficient (Wildman–Crippen LogP) is 7.59. The number of nitrogens with zero attached hydrogens (tertiary/aromatic N) is 1. The molecule has 2 unspecified atom stereocenters. The molecule has 0 aliphatic heterocycles. The van der Waals surface area contributed by atoms with Crippen LogP contribution in [0, 0.1) is 5.41 Å². The Hall–Kier alpha value is -4.22. The molecule has 5 rings (SSSR count). The van der Waals surface area contributed by atoms with Gasteiger partial charge in [-0.05, 0) is 36.1 Å². The van der Waals surface area contributed by atoms with Crippen molar-refractivity contribution in [2.75, 3.05) is 12.4 Å². The molecule has 2 atom stereocenters. The first-order valence-electron chi connectivity index (χ1n) is 13.0. The standard InChI is InChI=1S/C34H29NO3S/c1-2-38-33(37)34(24-39-28-19-10-5-11-20-28,32(36)27-17-8-4-9-18-27)30(26-15-6-3-7-16-26)31-29-21-13-12-14-25(29)22-23-35-31/h3-23,30H,2,24H2,1H3. The molecule has 4 aromatic carbocycles. The number of benzene rings is 4. The minimum Gasteiger partial charge on any atom is -0.465 e. The van der Waals surface area contributed by atoms with Crippen LogP contribution in [0.15, 0.2) is 132 Å². The van der Waals surface area contributed by atoms with Crippen LogP contribution in [0.5, 0.6) is 0 Å². The molecule has 0 amide bonds. The van der Waals surface area contributed by atoms with E-state index in [-0.39, 0.29) is 18.1 Å². The van der Waals surface area contributed by atoms with Crippen molar-refractivity contribution in [3.63, 3.8) is 0 Å². The van der Waals surface area contributed by atoms with Gasteiger partial charge < -0.3 is 4.74 Å². The fraction of sp³-hybridized carbons (Fsp3) is 0.147. The van der Waals surface area contributed by atoms with Gasteiger partial charge in [-0.25, -0.2) is 0 Å². The zero-order valence-corrected chi connectivity index (χ0v) is 22.5. The number of hydrogen-bond acceptors (Lipinski definition) is 5. The van der Waals surface area contributed by atoms with E-state index >= 15 is 0 Å². The van der Waals surface area contributed by atoms with Gasteiger partial charge in [-0.15, -0.1) is 11.8 Å². The van der Waals surface area contributed by atoms with E-state index in [9.17, 15) is 9.59 Å². The van der Waals surface area contributed by atoms with Gasteiger partial charge in [0, 0.05) is 27.8 Å². The van der Waals surface area contributed by atoms with Crippen molar-refractivity contribution >= 4 is 34.3 Å². The Kier molecular flexibility index (Phi) is 8.18. The number of thioether (sulfide) groups is 1. The highest BCUT2D eigenvalue weighted by atomic mass is 32.2. The van der Waals surface area contributed by atoms with Crippen LogP contribution in [-0.4, -0.2) is 29.1 Å². The molecule has 5 aromatic rings. The average molecular weight is 532 g/mol. The number of ether oxygens (including phenoxy) is 1. The van der Waals surface area contributed by atoms with Crippen molar-refractivity contribution < 1.29 is 14.3 Å². The van der Waals surface area contributed by atoms with Gasteiger partial charge in [0.25, 0.3) is 0 Å². The van der Waals surface area contributed by atoms with E-state index in [1.807, 2.05) is 109 Å². The van der Waals surface area contributed by atoms with E-state index in [2.05, 4.69) is 0 Å². The molecule has 4 nitrogen and oxygen atoms in total. The molecule has 0 radical (unpaired) electrons. The van der Waals surface area contributed by atoms with Crippen LogP contribution in [0.4, 0.5) is 0 Å². The highest BCUT2D eigenvalue weighted by Crippen LogP contribution is 2.48. The number of esters is 1. The summed E-state index contributed by atoms with van der Waals surface area (Å²) in [4.78, 5) is 34.9. The Morgan fingerprint density at radius 2 is 1.41 bits per heavy atom. The Balaban J connectivity index is 1.82. The Bertz CT molecular complexity index is 1550. The fourth-order valence-corrected chi connectivity index (χ4v) is 6.22. The number of aromatic nitrogens is 1. The first-order valence-corrected chi connectivity index (χ1v) is 14.0. The largest absolute Gasteiger partial charge is 0.465 e. The summed E-state index contributed by atoms with van der Waals surface area (Å²) in [5, 5.41) is 1.89. The van der Waals surface area contributed by atoms with Gasteiger partial charge in [0.1, 0.15) is 0 Å². The van der Waals surface area contributed by atoms with E-state index in [4.69, 9.17) is 9.72 Å². The molecule has 0 aliphatic rings. The molecule has 0 fully saturated rings. The lowest BCUT2D eigenvalue weighted by Gasteiger charge is -2.38. The van der Waals surface area contributed by atoms with Crippen LogP contribution in [0.3, 0.4) is 0 Å². The SMILES string of the molecule is CCOC(=O)C(CSc1ccccc1)(C(=O)c1ccccc1)C(c1ccccc1)c1nccc2ccccc12. The maximum atomic E-state index is 14.8.